The summed E-state index contributed by atoms with van der Waals surface area (Å²) in [5.74, 6) is -1.44. The van der Waals surface area contributed by atoms with E-state index in [0.29, 0.717) is 24.4 Å². The molecule has 20 heavy (non-hydrogen) atoms. The van der Waals surface area contributed by atoms with Gasteiger partial charge in [-0.2, -0.15) is 5.26 Å². The number of carboxylic acids is 1. The number of ether oxygens (including phenoxy) is 1. The highest BCUT2D eigenvalue weighted by Gasteiger charge is 2.38. The maximum atomic E-state index is 11.3. The van der Waals surface area contributed by atoms with Gasteiger partial charge in [0, 0.05) is 12.7 Å². The lowest BCUT2D eigenvalue weighted by molar-refractivity contribution is -0.141. The lowest BCUT2D eigenvalue weighted by Gasteiger charge is -2.32. The lowest BCUT2D eigenvalue weighted by atomic mass is 10.0. The first-order valence-corrected chi connectivity index (χ1v) is 6.60. The number of carbonyl (C=O) groups is 1. The van der Waals surface area contributed by atoms with Gasteiger partial charge in [-0.1, -0.05) is 6.92 Å². The number of aliphatic carboxylic acids is 1. The Morgan fingerprint density at radius 3 is 3.10 bits per heavy atom. The minimum Gasteiger partial charge on any atom is -0.481 e. The molecule has 0 saturated carbocycles. The Morgan fingerprint density at radius 2 is 2.45 bits per heavy atom. The summed E-state index contributed by atoms with van der Waals surface area (Å²) in [6.45, 7) is 3.25. The van der Waals surface area contributed by atoms with E-state index in [0.717, 1.165) is 6.42 Å². The van der Waals surface area contributed by atoms with Gasteiger partial charge >= 0.3 is 5.97 Å². The lowest BCUT2D eigenvalue weighted by Crippen LogP contribution is -2.44. The maximum Gasteiger partial charge on any atom is 0.311 e. The molecule has 6 nitrogen and oxygen atoms in total. The predicted molar refractivity (Wildman–Crippen MR) is 72.3 cm³/mol. The summed E-state index contributed by atoms with van der Waals surface area (Å²) in [6, 6.07) is 3.51. The minimum absolute atomic E-state index is 0.211. The standard InChI is InChI=1S/C14H17N3O3/c1-2-5-17(12-7-16-4-3-10(12)6-15)13-9-20-8-11(13)14(18)19/h3-4,7,11,13H,2,5,8-9H2,1H3,(H,18,19). The summed E-state index contributed by atoms with van der Waals surface area (Å²) in [5.41, 5.74) is 1.18. The fourth-order valence-electron chi connectivity index (χ4n) is 2.50. The maximum absolute atomic E-state index is 11.3. The van der Waals surface area contributed by atoms with Gasteiger partial charge in [-0.15, -0.1) is 0 Å². The highest BCUT2D eigenvalue weighted by atomic mass is 16.5. The number of hydrogen-bond acceptors (Lipinski definition) is 5. The minimum atomic E-state index is -0.865. The molecule has 0 spiro atoms. The second-order valence-corrected chi connectivity index (χ2v) is 4.75. The molecular formula is C14H17N3O3. The molecule has 2 atom stereocenters. The largest absolute Gasteiger partial charge is 0.481 e. The number of nitrogens with zero attached hydrogens (tertiary/aromatic N) is 3. The summed E-state index contributed by atoms with van der Waals surface area (Å²) in [7, 11) is 0. The van der Waals surface area contributed by atoms with Crippen LogP contribution in [0.4, 0.5) is 5.69 Å². The fraction of sp³-hybridized carbons (Fsp3) is 0.500. The number of hydrogen-bond donors (Lipinski definition) is 1. The van der Waals surface area contributed by atoms with Crippen molar-refractivity contribution in [3.63, 3.8) is 0 Å². The molecule has 1 aromatic heterocycles. The molecule has 1 aromatic rings. The predicted octanol–water partition coefficient (Wildman–Crippen LogP) is 1.27. The van der Waals surface area contributed by atoms with Crippen molar-refractivity contribution in [2.75, 3.05) is 24.7 Å². The van der Waals surface area contributed by atoms with Crippen LogP contribution in [0.25, 0.3) is 0 Å². The molecule has 2 unspecified atom stereocenters. The Hall–Kier alpha value is -2.13. The molecule has 106 valence electrons. The molecule has 1 aliphatic rings. The van der Waals surface area contributed by atoms with Crippen molar-refractivity contribution in [2.45, 2.75) is 19.4 Å². The normalized spacial score (nSPS) is 21.4. The molecule has 0 aromatic carbocycles. The third-order valence-corrected chi connectivity index (χ3v) is 3.46. The van der Waals surface area contributed by atoms with Crippen molar-refractivity contribution in [2.24, 2.45) is 5.92 Å². The molecule has 6 heteroatoms. The van der Waals surface area contributed by atoms with Crippen molar-refractivity contribution in [1.82, 2.24) is 4.98 Å². The van der Waals surface area contributed by atoms with Gasteiger partial charge in [0.15, 0.2) is 0 Å². The molecule has 2 rings (SSSR count). The highest BCUT2D eigenvalue weighted by molar-refractivity contribution is 5.73. The van der Waals surface area contributed by atoms with Crippen molar-refractivity contribution >= 4 is 11.7 Å². The van der Waals surface area contributed by atoms with E-state index in [2.05, 4.69) is 11.1 Å². The van der Waals surface area contributed by atoms with E-state index in [1.807, 2.05) is 11.8 Å². The van der Waals surface area contributed by atoms with Gasteiger partial charge in [0.2, 0.25) is 0 Å². The van der Waals surface area contributed by atoms with E-state index < -0.39 is 11.9 Å². The average Bonchev–Trinajstić information content (AvgIpc) is 2.94. The van der Waals surface area contributed by atoms with Gasteiger partial charge in [-0.05, 0) is 12.5 Å². The summed E-state index contributed by atoms with van der Waals surface area (Å²) in [5, 5.41) is 18.5. The first-order chi connectivity index (χ1) is 9.69. The number of aromatic nitrogens is 1. The van der Waals surface area contributed by atoms with Gasteiger partial charge in [0.1, 0.15) is 12.0 Å². The molecule has 2 heterocycles. The number of rotatable bonds is 5. The molecule has 0 amide bonds. The molecule has 0 aliphatic carbocycles. The van der Waals surface area contributed by atoms with Crippen LogP contribution < -0.4 is 4.90 Å². The first kappa shape index (κ1) is 14.3. The molecular weight excluding hydrogens is 258 g/mol. The highest BCUT2D eigenvalue weighted by Crippen LogP contribution is 2.28. The van der Waals surface area contributed by atoms with E-state index in [1.54, 1.807) is 18.5 Å². The SMILES string of the molecule is CCCN(c1cnccc1C#N)C1COCC1C(=O)O. The Bertz CT molecular complexity index is 527. The van der Waals surface area contributed by atoms with Gasteiger partial charge in [0.25, 0.3) is 0 Å². The summed E-state index contributed by atoms with van der Waals surface area (Å²) in [6.07, 6.45) is 4.03. The van der Waals surface area contributed by atoms with Crippen molar-refractivity contribution < 1.29 is 14.6 Å². The molecule has 0 bridgehead atoms. The summed E-state index contributed by atoms with van der Waals surface area (Å²) < 4.78 is 5.33. The number of carboxylic acid groups (broad SMARTS) is 1. The molecule has 1 N–H and O–H groups in total. The molecule has 0 radical (unpaired) electrons. The number of anilines is 1. The molecule has 1 aliphatic heterocycles. The Balaban J connectivity index is 2.36. The fourth-order valence-corrected chi connectivity index (χ4v) is 2.50. The van der Waals surface area contributed by atoms with E-state index in [1.165, 1.54) is 0 Å². The summed E-state index contributed by atoms with van der Waals surface area (Å²) in [4.78, 5) is 17.3. The smallest absolute Gasteiger partial charge is 0.311 e. The third-order valence-electron chi connectivity index (χ3n) is 3.46. The van der Waals surface area contributed by atoms with E-state index >= 15 is 0 Å². The van der Waals surface area contributed by atoms with Crippen LogP contribution in [0.2, 0.25) is 0 Å². The van der Waals surface area contributed by atoms with E-state index in [9.17, 15) is 15.2 Å². The van der Waals surface area contributed by atoms with Crippen LogP contribution in [0.5, 0.6) is 0 Å². The second-order valence-electron chi connectivity index (χ2n) is 4.75. The zero-order valence-corrected chi connectivity index (χ0v) is 11.3. The van der Waals surface area contributed by atoms with Gasteiger partial charge in [0.05, 0.1) is 36.7 Å². The van der Waals surface area contributed by atoms with Crippen LogP contribution in [-0.2, 0) is 9.53 Å². The average molecular weight is 275 g/mol. The number of pyridine rings is 1. The van der Waals surface area contributed by atoms with Gasteiger partial charge in [-0.3, -0.25) is 9.78 Å². The van der Waals surface area contributed by atoms with Crippen LogP contribution in [0.1, 0.15) is 18.9 Å². The first-order valence-electron chi connectivity index (χ1n) is 6.60. The van der Waals surface area contributed by atoms with Crippen molar-refractivity contribution in [1.29, 1.82) is 5.26 Å². The second kappa shape index (κ2) is 6.35. The number of nitriles is 1. The van der Waals surface area contributed by atoms with Crippen LogP contribution in [0, 0.1) is 17.2 Å². The van der Waals surface area contributed by atoms with Gasteiger partial charge in [-0.25, -0.2) is 0 Å². The van der Waals surface area contributed by atoms with Crippen molar-refractivity contribution in [3.05, 3.63) is 24.0 Å². The topological polar surface area (TPSA) is 86.5 Å². The zero-order valence-electron chi connectivity index (χ0n) is 11.3. The van der Waals surface area contributed by atoms with E-state index in [-0.39, 0.29) is 12.6 Å². The van der Waals surface area contributed by atoms with Crippen molar-refractivity contribution in [3.8, 4) is 6.07 Å². The summed E-state index contributed by atoms with van der Waals surface area (Å²) >= 11 is 0. The molecule has 1 fully saturated rings. The zero-order chi connectivity index (χ0) is 14.5. The monoisotopic (exact) mass is 275 g/mol. The Morgan fingerprint density at radius 1 is 1.65 bits per heavy atom. The third kappa shape index (κ3) is 2.73. The Kier molecular flexibility index (Phi) is 4.53. The van der Waals surface area contributed by atoms with Crippen LogP contribution >= 0.6 is 0 Å². The van der Waals surface area contributed by atoms with E-state index in [4.69, 9.17) is 4.74 Å². The van der Waals surface area contributed by atoms with Gasteiger partial charge < -0.3 is 14.7 Å². The molecule has 1 saturated heterocycles. The Labute approximate surface area is 117 Å². The quantitative estimate of drug-likeness (QED) is 0.870. The van der Waals surface area contributed by atoms with Crippen LogP contribution in [0.3, 0.4) is 0 Å². The van der Waals surface area contributed by atoms with Crippen LogP contribution in [0.15, 0.2) is 18.5 Å². The van der Waals surface area contributed by atoms with Crippen LogP contribution in [-0.4, -0.2) is 41.9 Å².